The molecule has 2 rings (SSSR count). The molecule has 5 nitrogen and oxygen atoms in total. The highest BCUT2D eigenvalue weighted by molar-refractivity contribution is 9.10. The fraction of sp³-hybridized carbons (Fsp3) is 0.300. The molecular formula is C20H23BrN2O3. The van der Waals surface area contributed by atoms with Crippen molar-refractivity contribution in [3.05, 3.63) is 58.6 Å². The number of aryl methyl sites for hydroxylation is 1. The zero-order valence-corrected chi connectivity index (χ0v) is 16.7. The number of para-hydroxylation sites is 2. The van der Waals surface area contributed by atoms with Crippen molar-refractivity contribution in [2.75, 3.05) is 18.9 Å². The molecule has 0 aromatic heterocycles. The highest BCUT2D eigenvalue weighted by Gasteiger charge is 2.22. The van der Waals surface area contributed by atoms with Gasteiger partial charge in [-0.3, -0.25) is 9.59 Å². The number of benzene rings is 2. The summed E-state index contributed by atoms with van der Waals surface area (Å²) in [6, 6.07) is 15.0. The average Bonchev–Trinajstić information content (AvgIpc) is 2.63. The topological polar surface area (TPSA) is 58.6 Å². The van der Waals surface area contributed by atoms with E-state index in [4.69, 9.17) is 4.74 Å². The zero-order chi connectivity index (χ0) is 19.1. The van der Waals surface area contributed by atoms with Crippen LogP contribution in [0.5, 0.6) is 5.75 Å². The number of anilines is 1. The number of nitrogens with one attached hydrogen (secondary N) is 1. The van der Waals surface area contributed by atoms with Gasteiger partial charge in [-0.05, 0) is 53.0 Å². The van der Waals surface area contributed by atoms with Crippen LogP contribution in [0.3, 0.4) is 0 Å². The number of likely N-dealkylation sites (N-methyl/N-ethyl adjacent to an activating group) is 1. The molecule has 0 fully saturated rings. The Bertz CT molecular complexity index is 779. The first-order valence-electron chi connectivity index (χ1n) is 8.46. The molecule has 0 radical (unpaired) electrons. The van der Waals surface area contributed by atoms with Gasteiger partial charge in [-0.25, -0.2) is 0 Å². The Kier molecular flexibility index (Phi) is 7.21. The van der Waals surface area contributed by atoms with E-state index in [1.807, 2.05) is 49.4 Å². The van der Waals surface area contributed by atoms with Crippen LogP contribution in [0.15, 0.2) is 53.0 Å². The second kappa shape index (κ2) is 9.38. The molecule has 0 aliphatic rings. The van der Waals surface area contributed by atoms with Gasteiger partial charge < -0.3 is 15.0 Å². The van der Waals surface area contributed by atoms with Gasteiger partial charge in [0.2, 0.25) is 5.91 Å². The summed E-state index contributed by atoms with van der Waals surface area (Å²) < 4.78 is 6.47. The second-order valence-electron chi connectivity index (χ2n) is 5.94. The Hall–Kier alpha value is -2.34. The van der Waals surface area contributed by atoms with E-state index in [0.717, 1.165) is 22.1 Å². The molecule has 0 aliphatic heterocycles. The molecule has 26 heavy (non-hydrogen) atoms. The molecule has 0 spiro atoms. The summed E-state index contributed by atoms with van der Waals surface area (Å²) in [5, 5.41) is 2.86. The van der Waals surface area contributed by atoms with Crippen LogP contribution in [-0.2, 0) is 16.0 Å². The third-order valence-electron chi connectivity index (χ3n) is 3.92. The molecule has 0 bridgehead atoms. The van der Waals surface area contributed by atoms with Crippen LogP contribution in [-0.4, -0.2) is 36.4 Å². The molecule has 0 heterocycles. The van der Waals surface area contributed by atoms with Crippen LogP contribution in [0, 0.1) is 0 Å². The normalized spacial score (nSPS) is 11.5. The summed E-state index contributed by atoms with van der Waals surface area (Å²) in [6.45, 7) is 3.66. The van der Waals surface area contributed by atoms with E-state index >= 15 is 0 Å². The number of hydrogen-bond donors (Lipinski definition) is 1. The molecule has 6 heteroatoms. The molecule has 0 saturated carbocycles. The van der Waals surface area contributed by atoms with Crippen molar-refractivity contribution < 1.29 is 14.3 Å². The Labute approximate surface area is 162 Å². The Morgan fingerprint density at radius 3 is 2.50 bits per heavy atom. The van der Waals surface area contributed by atoms with Gasteiger partial charge in [0, 0.05) is 12.7 Å². The first-order chi connectivity index (χ1) is 12.4. The first kappa shape index (κ1) is 20.0. The lowest BCUT2D eigenvalue weighted by Crippen LogP contribution is -2.42. The van der Waals surface area contributed by atoms with E-state index in [9.17, 15) is 9.59 Å². The van der Waals surface area contributed by atoms with E-state index < -0.39 is 6.10 Å². The van der Waals surface area contributed by atoms with Crippen LogP contribution < -0.4 is 10.1 Å². The average molecular weight is 419 g/mol. The van der Waals surface area contributed by atoms with Crippen LogP contribution in [0.1, 0.15) is 19.4 Å². The molecule has 0 saturated heterocycles. The minimum Gasteiger partial charge on any atom is -0.480 e. The molecule has 0 aliphatic carbocycles. The zero-order valence-electron chi connectivity index (χ0n) is 15.2. The van der Waals surface area contributed by atoms with Crippen LogP contribution >= 0.6 is 15.9 Å². The molecule has 2 aromatic rings. The highest BCUT2D eigenvalue weighted by atomic mass is 79.9. The van der Waals surface area contributed by atoms with Gasteiger partial charge in [-0.15, -0.1) is 0 Å². The number of halogens is 1. The maximum atomic E-state index is 12.5. The third kappa shape index (κ3) is 5.33. The van der Waals surface area contributed by atoms with Crippen molar-refractivity contribution in [3.8, 4) is 5.75 Å². The van der Waals surface area contributed by atoms with Crippen molar-refractivity contribution in [2.24, 2.45) is 0 Å². The van der Waals surface area contributed by atoms with Gasteiger partial charge in [0.05, 0.1) is 11.0 Å². The minimum absolute atomic E-state index is 0.0411. The molecule has 138 valence electrons. The Morgan fingerprint density at radius 1 is 1.15 bits per heavy atom. The van der Waals surface area contributed by atoms with Gasteiger partial charge in [-0.1, -0.05) is 37.3 Å². The van der Waals surface area contributed by atoms with E-state index in [1.54, 1.807) is 20.0 Å². The standard InChI is InChI=1S/C20H23BrN2O3/c1-4-15-9-5-7-11-17(15)22-19(24)13-23(3)20(25)14(2)26-18-12-8-6-10-16(18)21/h5-12,14H,4,13H2,1-3H3,(H,22,24). The van der Waals surface area contributed by atoms with Crippen LogP contribution in [0.25, 0.3) is 0 Å². The van der Waals surface area contributed by atoms with E-state index in [1.165, 1.54) is 4.90 Å². The van der Waals surface area contributed by atoms with E-state index in [0.29, 0.717) is 5.75 Å². The number of rotatable bonds is 7. The summed E-state index contributed by atoms with van der Waals surface area (Å²) in [4.78, 5) is 26.1. The predicted molar refractivity (Wildman–Crippen MR) is 106 cm³/mol. The number of nitrogens with zero attached hydrogens (tertiary/aromatic N) is 1. The lowest BCUT2D eigenvalue weighted by Gasteiger charge is -2.22. The van der Waals surface area contributed by atoms with Gasteiger partial charge in [0.25, 0.3) is 5.91 Å². The molecule has 1 unspecified atom stereocenters. The molecule has 1 atom stereocenters. The predicted octanol–water partition coefficient (Wildman–Crippen LogP) is 3.88. The first-order valence-corrected chi connectivity index (χ1v) is 9.25. The van der Waals surface area contributed by atoms with Crippen LogP contribution in [0.2, 0.25) is 0 Å². The van der Waals surface area contributed by atoms with Crippen molar-refractivity contribution in [3.63, 3.8) is 0 Å². The maximum Gasteiger partial charge on any atom is 0.263 e. The second-order valence-corrected chi connectivity index (χ2v) is 6.80. The lowest BCUT2D eigenvalue weighted by atomic mass is 10.1. The van der Waals surface area contributed by atoms with E-state index in [2.05, 4.69) is 21.2 Å². The third-order valence-corrected chi connectivity index (χ3v) is 4.57. The number of ether oxygens (including phenoxy) is 1. The Morgan fingerprint density at radius 2 is 1.81 bits per heavy atom. The lowest BCUT2D eigenvalue weighted by molar-refractivity contribution is -0.139. The number of carbonyl (C=O) groups excluding carboxylic acids is 2. The SMILES string of the molecule is CCc1ccccc1NC(=O)CN(C)C(=O)C(C)Oc1ccccc1Br. The van der Waals surface area contributed by atoms with Gasteiger partial charge in [-0.2, -0.15) is 0 Å². The van der Waals surface area contributed by atoms with E-state index in [-0.39, 0.29) is 18.4 Å². The van der Waals surface area contributed by atoms with Crippen molar-refractivity contribution in [1.82, 2.24) is 4.90 Å². The van der Waals surface area contributed by atoms with Crippen molar-refractivity contribution in [2.45, 2.75) is 26.4 Å². The summed E-state index contributed by atoms with van der Waals surface area (Å²) in [7, 11) is 1.59. The van der Waals surface area contributed by atoms with Gasteiger partial charge in [0.15, 0.2) is 6.10 Å². The summed E-state index contributed by atoms with van der Waals surface area (Å²) in [5.41, 5.74) is 1.83. The summed E-state index contributed by atoms with van der Waals surface area (Å²) in [5.74, 6) is 0.0811. The number of carbonyl (C=O) groups is 2. The maximum absolute atomic E-state index is 12.5. The smallest absolute Gasteiger partial charge is 0.263 e. The largest absolute Gasteiger partial charge is 0.480 e. The minimum atomic E-state index is -0.700. The van der Waals surface area contributed by atoms with Crippen LogP contribution in [0.4, 0.5) is 5.69 Å². The monoisotopic (exact) mass is 418 g/mol. The Balaban J connectivity index is 1.93. The van der Waals surface area contributed by atoms with Gasteiger partial charge >= 0.3 is 0 Å². The van der Waals surface area contributed by atoms with Crippen molar-refractivity contribution in [1.29, 1.82) is 0 Å². The fourth-order valence-corrected chi connectivity index (χ4v) is 2.90. The number of amides is 2. The summed E-state index contributed by atoms with van der Waals surface area (Å²) in [6.07, 6.45) is 0.122. The summed E-state index contributed by atoms with van der Waals surface area (Å²) >= 11 is 3.39. The fourth-order valence-electron chi connectivity index (χ4n) is 2.53. The molecule has 1 N–H and O–H groups in total. The molecule has 2 aromatic carbocycles. The highest BCUT2D eigenvalue weighted by Crippen LogP contribution is 2.25. The quantitative estimate of drug-likeness (QED) is 0.741. The van der Waals surface area contributed by atoms with Crippen molar-refractivity contribution >= 4 is 33.4 Å². The molecule has 2 amide bonds. The number of hydrogen-bond acceptors (Lipinski definition) is 3. The molecular weight excluding hydrogens is 396 g/mol. The van der Waals surface area contributed by atoms with Gasteiger partial charge in [0.1, 0.15) is 5.75 Å².